The molecule has 0 rings (SSSR count). The maximum atomic E-state index is 12.0. The summed E-state index contributed by atoms with van der Waals surface area (Å²) >= 11 is 8.11. The van der Waals surface area contributed by atoms with Crippen molar-refractivity contribution in [3.8, 4) is 0 Å². The summed E-state index contributed by atoms with van der Waals surface area (Å²) in [5, 5.41) is 10.4. The van der Waals surface area contributed by atoms with Crippen LogP contribution in [0.2, 0.25) is 0 Å². The molecule has 10 heteroatoms. The van der Waals surface area contributed by atoms with Crippen LogP contribution in [-0.2, 0) is 19.2 Å². The normalized spacial score (nSPS) is 12.7. The van der Waals surface area contributed by atoms with Crippen molar-refractivity contribution in [2.24, 2.45) is 0 Å². The minimum Gasteiger partial charge on any atom is -0.353 e. The Labute approximate surface area is 153 Å². The summed E-state index contributed by atoms with van der Waals surface area (Å²) in [5.74, 6) is -0.344. The fraction of sp³-hybridized carbons (Fsp3) is 0.714. The quantitative estimate of drug-likeness (QED) is 0.201. The third kappa shape index (κ3) is 10.4. The van der Waals surface area contributed by atoms with E-state index in [1.807, 2.05) is 0 Å². The van der Waals surface area contributed by atoms with Crippen LogP contribution in [0.25, 0.3) is 0 Å². The monoisotopic (exact) mass is 378 g/mol. The second kappa shape index (κ2) is 12.9. The topological polar surface area (TPSA) is 116 Å². The lowest BCUT2D eigenvalue weighted by atomic mass is 10.2. The maximum absolute atomic E-state index is 12.0. The average Bonchev–Trinajstić information content (AvgIpc) is 2.49. The van der Waals surface area contributed by atoms with Gasteiger partial charge < -0.3 is 21.3 Å². The zero-order valence-corrected chi connectivity index (χ0v) is 15.7. The second-order valence-corrected chi connectivity index (χ2v) is 6.01. The number of rotatable bonds is 11. The molecule has 0 fully saturated rings. The molecule has 4 amide bonds. The Hall–Kier alpha value is -1.42. The summed E-state index contributed by atoms with van der Waals surface area (Å²) in [6, 6.07) is -1.29. The van der Waals surface area contributed by atoms with Crippen LogP contribution < -0.4 is 21.3 Å². The lowest BCUT2D eigenvalue weighted by molar-refractivity contribution is -0.128. The summed E-state index contributed by atoms with van der Waals surface area (Å²) < 4.78 is 0. The molecular weight excluding hydrogens is 352 g/mol. The van der Waals surface area contributed by atoms with E-state index in [2.05, 4.69) is 46.5 Å². The molecule has 0 saturated carbocycles. The molecule has 138 valence electrons. The molecule has 0 aromatic rings. The van der Waals surface area contributed by atoms with E-state index in [1.54, 1.807) is 0 Å². The van der Waals surface area contributed by atoms with Gasteiger partial charge in [-0.05, 0) is 24.3 Å². The largest absolute Gasteiger partial charge is 0.353 e. The summed E-state index contributed by atoms with van der Waals surface area (Å²) in [5.41, 5.74) is 0. The molecule has 0 spiro atoms. The van der Waals surface area contributed by atoms with Crippen molar-refractivity contribution in [2.45, 2.75) is 38.8 Å². The summed E-state index contributed by atoms with van der Waals surface area (Å²) in [6.45, 7) is 3.09. The number of hydrogen-bond acceptors (Lipinski definition) is 6. The van der Waals surface area contributed by atoms with Gasteiger partial charge in [-0.3, -0.25) is 19.2 Å². The predicted molar refractivity (Wildman–Crippen MR) is 98.2 cm³/mol. The van der Waals surface area contributed by atoms with E-state index in [0.717, 1.165) is 0 Å². The molecule has 0 aliphatic heterocycles. The number of amides is 4. The average molecular weight is 379 g/mol. The Morgan fingerprint density at radius 2 is 1.08 bits per heavy atom. The SMILES string of the molecule is CC(=O)NC(CCS)C(=O)NCCNC(=O)C(CCS)NC(C)=O. The van der Waals surface area contributed by atoms with E-state index in [1.165, 1.54) is 13.8 Å². The number of hydrogen-bond donors (Lipinski definition) is 6. The first-order valence-corrected chi connectivity index (χ1v) is 8.89. The van der Waals surface area contributed by atoms with Crippen molar-refractivity contribution in [2.75, 3.05) is 24.6 Å². The lowest BCUT2D eigenvalue weighted by Crippen LogP contribution is -2.50. The minimum absolute atomic E-state index is 0.209. The summed E-state index contributed by atoms with van der Waals surface area (Å²) in [4.78, 5) is 46.0. The van der Waals surface area contributed by atoms with Crippen LogP contribution >= 0.6 is 25.3 Å². The van der Waals surface area contributed by atoms with Crippen molar-refractivity contribution >= 4 is 48.9 Å². The van der Waals surface area contributed by atoms with Gasteiger partial charge in [0.15, 0.2) is 0 Å². The molecule has 8 nitrogen and oxygen atoms in total. The highest BCUT2D eigenvalue weighted by Gasteiger charge is 2.19. The van der Waals surface area contributed by atoms with Gasteiger partial charge in [0.05, 0.1) is 0 Å². The van der Waals surface area contributed by atoms with Gasteiger partial charge >= 0.3 is 0 Å². The van der Waals surface area contributed by atoms with Gasteiger partial charge in [0.2, 0.25) is 23.6 Å². The van der Waals surface area contributed by atoms with Crippen molar-refractivity contribution < 1.29 is 19.2 Å². The Kier molecular flexibility index (Phi) is 12.2. The van der Waals surface area contributed by atoms with Crippen LogP contribution in [0.3, 0.4) is 0 Å². The molecule has 0 aromatic heterocycles. The van der Waals surface area contributed by atoms with Gasteiger partial charge in [-0.2, -0.15) is 25.3 Å². The van der Waals surface area contributed by atoms with Crippen molar-refractivity contribution in [1.82, 2.24) is 21.3 Å². The van der Waals surface area contributed by atoms with E-state index < -0.39 is 12.1 Å². The van der Waals surface area contributed by atoms with Gasteiger partial charge in [-0.15, -0.1) is 0 Å². The molecule has 0 aromatic carbocycles. The molecule has 0 radical (unpaired) electrons. The van der Waals surface area contributed by atoms with Crippen LogP contribution in [0.15, 0.2) is 0 Å². The Bertz CT molecular complexity index is 408. The van der Waals surface area contributed by atoms with Crippen LogP contribution in [-0.4, -0.2) is 60.3 Å². The maximum Gasteiger partial charge on any atom is 0.242 e. The van der Waals surface area contributed by atoms with Crippen molar-refractivity contribution in [1.29, 1.82) is 0 Å². The van der Waals surface area contributed by atoms with Crippen LogP contribution in [0, 0.1) is 0 Å². The standard InChI is InChI=1S/C14H26N4O4S2/c1-9(19)17-11(3-7-23)13(21)15-5-6-16-14(22)12(4-8-24)18-10(2)20/h11-12,23-24H,3-8H2,1-2H3,(H,15,21)(H,16,22)(H,17,19)(H,18,20). The number of carbonyl (C=O) groups excluding carboxylic acids is 4. The highest BCUT2D eigenvalue weighted by Crippen LogP contribution is 1.96. The van der Waals surface area contributed by atoms with E-state index in [0.29, 0.717) is 24.3 Å². The molecule has 24 heavy (non-hydrogen) atoms. The van der Waals surface area contributed by atoms with Crippen LogP contribution in [0.4, 0.5) is 0 Å². The van der Waals surface area contributed by atoms with Crippen LogP contribution in [0.1, 0.15) is 26.7 Å². The number of thiol groups is 2. The molecule has 0 aliphatic rings. The molecule has 2 atom stereocenters. The summed E-state index contributed by atoms with van der Waals surface area (Å²) in [7, 11) is 0. The van der Waals surface area contributed by atoms with E-state index >= 15 is 0 Å². The third-order valence-corrected chi connectivity index (χ3v) is 3.46. The molecule has 0 bridgehead atoms. The van der Waals surface area contributed by atoms with E-state index in [-0.39, 0.29) is 36.7 Å². The smallest absolute Gasteiger partial charge is 0.242 e. The second-order valence-electron chi connectivity index (χ2n) is 5.11. The highest BCUT2D eigenvalue weighted by atomic mass is 32.1. The van der Waals surface area contributed by atoms with Gasteiger partial charge in [0, 0.05) is 26.9 Å². The van der Waals surface area contributed by atoms with Crippen molar-refractivity contribution in [3.05, 3.63) is 0 Å². The van der Waals surface area contributed by atoms with E-state index in [4.69, 9.17) is 0 Å². The number of nitrogens with one attached hydrogen (secondary N) is 4. The first kappa shape index (κ1) is 22.6. The fourth-order valence-electron chi connectivity index (χ4n) is 1.90. The lowest BCUT2D eigenvalue weighted by Gasteiger charge is -2.18. The van der Waals surface area contributed by atoms with E-state index in [9.17, 15) is 19.2 Å². The van der Waals surface area contributed by atoms with Gasteiger partial charge in [0.1, 0.15) is 12.1 Å². The molecule has 0 heterocycles. The minimum atomic E-state index is -0.646. The third-order valence-electron chi connectivity index (χ3n) is 2.95. The number of carbonyl (C=O) groups is 4. The fourth-order valence-corrected chi connectivity index (χ4v) is 2.42. The van der Waals surface area contributed by atoms with Crippen LogP contribution in [0.5, 0.6) is 0 Å². The van der Waals surface area contributed by atoms with Gasteiger partial charge in [-0.1, -0.05) is 0 Å². The first-order valence-electron chi connectivity index (χ1n) is 7.63. The Balaban J connectivity index is 4.24. The molecule has 2 unspecified atom stereocenters. The summed E-state index contributed by atoms with van der Waals surface area (Å²) in [6.07, 6.45) is 0.820. The van der Waals surface area contributed by atoms with Gasteiger partial charge in [0.25, 0.3) is 0 Å². The molecule has 4 N–H and O–H groups in total. The molecular formula is C14H26N4O4S2. The van der Waals surface area contributed by atoms with Crippen molar-refractivity contribution in [3.63, 3.8) is 0 Å². The first-order chi connectivity index (χ1) is 11.3. The molecule has 0 aliphatic carbocycles. The Morgan fingerprint density at radius 3 is 1.33 bits per heavy atom. The zero-order chi connectivity index (χ0) is 18.5. The Morgan fingerprint density at radius 1 is 0.750 bits per heavy atom. The highest BCUT2D eigenvalue weighted by molar-refractivity contribution is 7.80. The molecule has 0 saturated heterocycles. The predicted octanol–water partition coefficient (Wildman–Crippen LogP) is -1.13. The van der Waals surface area contributed by atoms with Gasteiger partial charge in [-0.25, -0.2) is 0 Å². The zero-order valence-electron chi connectivity index (χ0n) is 13.9.